The van der Waals surface area contributed by atoms with Gasteiger partial charge in [-0.15, -0.1) is 0 Å². The molecule has 0 spiro atoms. The Morgan fingerprint density at radius 3 is 2.83 bits per heavy atom. The van der Waals surface area contributed by atoms with E-state index in [-0.39, 0.29) is 0 Å². The maximum Gasteiger partial charge on any atom is 0.0992 e. The zero-order valence-electron chi connectivity index (χ0n) is 10.7. The molecule has 1 aliphatic heterocycles. The normalized spacial score (nSPS) is 19.8. The molecule has 0 saturated heterocycles. The molecule has 94 valence electrons. The number of benzene rings is 1. The van der Waals surface area contributed by atoms with Crippen molar-refractivity contribution in [3.05, 3.63) is 23.8 Å². The summed E-state index contributed by atoms with van der Waals surface area (Å²) in [5, 5.41) is 12.4. The highest BCUT2D eigenvalue weighted by Crippen LogP contribution is 2.34. The Kier molecular flexibility index (Phi) is 3.10. The second-order valence-corrected chi connectivity index (χ2v) is 5.26. The molecule has 0 amide bonds. The van der Waals surface area contributed by atoms with Crippen molar-refractivity contribution in [1.82, 2.24) is 0 Å². The number of hydrogen-bond donors (Lipinski definition) is 1. The Hall–Kier alpha value is -1.69. The van der Waals surface area contributed by atoms with Crippen molar-refractivity contribution in [3.63, 3.8) is 0 Å². The molecule has 0 aromatic heterocycles. The first kappa shape index (κ1) is 11.4. The largest absolute Gasteiger partial charge is 0.382 e. The summed E-state index contributed by atoms with van der Waals surface area (Å²) in [6, 6.07) is 8.93. The van der Waals surface area contributed by atoms with Gasteiger partial charge in [0.25, 0.3) is 0 Å². The third-order valence-electron chi connectivity index (χ3n) is 4.12. The van der Waals surface area contributed by atoms with E-state index in [0.29, 0.717) is 6.04 Å². The zero-order valence-corrected chi connectivity index (χ0v) is 10.7. The zero-order chi connectivity index (χ0) is 12.4. The topological polar surface area (TPSA) is 39.1 Å². The van der Waals surface area contributed by atoms with Gasteiger partial charge in [0, 0.05) is 19.1 Å². The molecule has 2 aliphatic rings. The molecular weight excluding hydrogens is 222 g/mol. The van der Waals surface area contributed by atoms with E-state index in [0.717, 1.165) is 24.3 Å². The predicted octanol–water partition coefficient (Wildman–Crippen LogP) is 3.12. The SMILES string of the molecule is N#Cc1ccc2c(c1)NCCN2C1CCCCC1. The second-order valence-electron chi connectivity index (χ2n) is 5.26. The molecule has 3 heteroatoms. The fourth-order valence-corrected chi connectivity index (χ4v) is 3.20. The lowest BCUT2D eigenvalue weighted by atomic mass is 9.93. The number of rotatable bonds is 1. The Morgan fingerprint density at radius 2 is 2.06 bits per heavy atom. The van der Waals surface area contributed by atoms with Crippen LogP contribution in [0.2, 0.25) is 0 Å². The van der Waals surface area contributed by atoms with Gasteiger partial charge in [-0.05, 0) is 31.0 Å². The summed E-state index contributed by atoms with van der Waals surface area (Å²) < 4.78 is 0. The number of hydrogen-bond acceptors (Lipinski definition) is 3. The third-order valence-corrected chi connectivity index (χ3v) is 4.12. The molecule has 1 fully saturated rings. The van der Waals surface area contributed by atoms with Crippen LogP contribution in [0, 0.1) is 11.3 Å². The number of nitrogens with one attached hydrogen (secondary N) is 1. The molecule has 3 rings (SSSR count). The van der Waals surface area contributed by atoms with E-state index in [1.165, 1.54) is 37.8 Å². The highest BCUT2D eigenvalue weighted by molar-refractivity contribution is 5.74. The molecule has 0 unspecified atom stereocenters. The van der Waals surface area contributed by atoms with Crippen LogP contribution in [0.25, 0.3) is 0 Å². The number of nitriles is 1. The van der Waals surface area contributed by atoms with Gasteiger partial charge in [-0.1, -0.05) is 19.3 Å². The van der Waals surface area contributed by atoms with E-state index >= 15 is 0 Å². The summed E-state index contributed by atoms with van der Waals surface area (Å²) in [6.45, 7) is 2.07. The van der Waals surface area contributed by atoms with Gasteiger partial charge < -0.3 is 10.2 Å². The van der Waals surface area contributed by atoms with E-state index in [9.17, 15) is 0 Å². The van der Waals surface area contributed by atoms with Gasteiger partial charge in [0.1, 0.15) is 0 Å². The van der Waals surface area contributed by atoms with Crippen LogP contribution in [0.15, 0.2) is 18.2 Å². The Balaban J connectivity index is 1.89. The Labute approximate surface area is 108 Å². The summed E-state index contributed by atoms with van der Waals surface area (Å²) in [7, 11) is 0. The molecule has 0 bridgehead atoms. The summed E-state index contributed by atoms with van der Waals surface area (Å²) in [5.41, 5.74) is 3.16. The molecule has 0 radical (unpaired) electrons. The first-order valence-corrected chi connectivity index (χ1v) is 6.93. The van der Waals surface area contributed by atoms with E-state index in [1.54, 1.807) is 0 Å². The fraction of sp³-hybridized carbons (Fsp3) is 0.533. The van der Waals surface area contributed by atoms with Crippen molar-refractivity contribution < 1.29 is 0 Å². The van der Waals surface area contributed by atoms with Crippen LogP contribution in [-0.2, 0) is 0 Å². The van der Waals surface area contributed by atoms with Crippen molar-refractivity contribution in [2.75, 3.05) is 23.3 Å². The quantitative estimate of drug-likeness (QED) is 0.821. The molecule has 1 aromatic rings. The lowest BCUT2D eigenvalue weighted by Crippen LogP contribution is -2.42. The van der Waals surface area contributed by atoms with Crippen molar-refractivity contribution in [3.8, 4) is 6.07 Å². The maximum absolute atomic E-state index is 8.96. The molecule has 1 saturated carbocycles. The van der Waals surface area contributed by atoms with E-state index in [2.05, 4.69) is 22.4 Å². The van der Waals surface area contributed by atoms with E-state index in [1.807, 2.05) is 12.1 Å². The van der Waals surface area contributed by atoms with E-state index in [4.69, 9.17) is 5.26 Å². The number of anilines is 2. The third kappa shape index (κ3) is 2.03. The van der Waals surface area contributed by atoms with Crippen LogP contribution in [0.5, 0.6) is 0 Å². The van der Waals surface area contributed by atoms with Crippen molar-refractivity contribution in [2.45, 2.75) is 38.1 Å². The highest BCUT2D eigenvalue weighted by atomic mass is 15.2. The lowest BCUT2D eigenvalue weighted by molar-refractivity contribution is 0.415. The van der Waals surface area contributed by atoms with Gasteiger partial charge in [-0.3, -0.25) is 0 Å². The fourth-order valence-electron chi connectivity index (χ4n) is 3.20. The minimum Gasteiger partial charge on any atom is -0.382 e. The standard InChI is InChI=1S/C15H19N3/c16-11-12-6-7-15-14(10-12)17-8-9-18(15)13-4-2-1-3-5-13/h6-7,10,13,17H,1-5,8-9H2. The van der Waals surface area contributed by atoms with Crippen LogP contribution >= 0.6 is 0 Å². The molecule has 1 aliphatic carbocycles. The van der Waals surface area contributed by atoms with Gasteiger partial charge in [0.05, 0.1) is 23.0 Å². The first-order chi connectivity index (χ1) is 8.88. The van der Waals surface area contributed by atoms with Crippen LogP contribution < -0.4 is 10.2 Å². The van der Waals surface area contributed by atoms with Crippen LogP contribution in [0.3, 0.4) is 0 Å². The van der Waals surface area contributed by atoms with Crippen LogP contribution in [-0.4, -0.2) is 19.1 Å². The molecule has 1 N–H and O–H groups in total. The second kappa shape index (κ2) is 4.89. The number of nitrogens with zero attached hydrogens (tertiary/aromatic N) is 2. The molecular formula is C15H19N3. The molecule has 18 heavy (non-hydrogen) atoms. The number of fused-ring (bicyclic) bond motifs is 1. The molecule has 3 nitrogen and oxygen atoms in total. The average Bonchev–Trinajstić information content (AvgIpc) is 2.47. The first-order valence-electron chi connectivity index (χ1n) is 6.93. The molecule has 1 heterocycles. The van der Waals surface area contributed by atoms with Gasteiger partial charge in [0.2, 0.25) is 0 Å². The monoisotopic (exact) mass is 241 g/mol. The summed E-state index contributed by atoms with van der Waals surface area (Å²) >= 11 is 0. The predicted molar refractivity (Wildman–Crippen MR) is 73.9 cm³/mol. The van der Waals surface area contributed by atoms with Gasteiger partial charge in [0.15, 0.2) is 0 Å². The van der Waals surface area contributed by atoms with Crippen molar-refractivity contribution in [2.24, 2.45) is 0 Å². The average molecular weight is 241 g/mol. The van der Waals surface area contributed by atoms with E-state index < -0.39 is 0 Å². The maximum atomic E-state index is 8.96. The highest BCUT2D eigenvalue weighted by Gasteiger charge is 2.25. The van der Waals surface area contributed by atoms with Gasteiger partial charge >= 0.3 is 0 Å². The summed E-state index contributed by atoms with van der Waals surface area (Å²) in [6.07, 6.45) is 6.75. The van der Waals surface area contributed by atoms with Crippen LogP contribution in [0.1, 0.15) is 37.7 Å². The van der Waals surface area contributed by atoms with Crippen molar-refractivity contribution >= 4 is 11.4 Å². The smallest absolute Gasteiger partial charge is 0.0992 e. The molecule has 1 aromatic carbocycles. The minimum atomic E-state index is 0.701. The lowest BCUT2D eigenvalue weighted by Gasteiger charge is -2.40. The van der Waals surface area contributed by atoms with Gasteiger partial charge in [-0.2, -0.15) is 5.26 Å². The summed E-state index contributed by atoms with van der Waals surface area (Å²) in [4.78, 5) is 2.55. The Morgan fingerprint density at radius 1 is 1.22 bits per heavy atom. The minimum absolute atomic E-state index is 0.701. The Bertz CT molecular complexity index is 469. The molecule has 0 atom stereocenters. The van der Waals surface area contributed by atoms with Crippen LogP contribution in [0.4, 0.5) is 11.4 Å². The van der Waals surface area contributed by atoms with Crippen molar-refractivity contribution in [1.29, 1.82) is 5.26 Å². The summed E-state index contributed by atoms with van der Waals surface area (Å²) in [5.74, 6) is 0. The van der Waals surface area contributed by atoms with Gasteiger partial charge in [-0.25, -0.2) is 0 Å².